The van der Waals surface area contributed by atoms with Crippen LogP contribution in [-0.4, -0.2) is 58.1 Å². The van der Waals surface area contributed by atoms with Gasteiger partial charge in [-0.3, -0.25) is 13.9 Å². The zero-order chi connectivity index (χ0) is 27.0. The summed E-state index contributed by atoms with van der Waals surface area (Å²) in [4.78, 5) is 28.2. The van der Waals surface area contributed by atoms with Gasteiger partial charge in [-0.25, -0.2) is 12.8 Å². The van der Waals surface area contributed by atoms with Crippen LogP contribution in [0.4, 0.5) is 10.1 Å². The molecule has 2 amide bonds. The molecule has 0 aliphatic rings. The number of likely N-dealkylation sites (N-methyl/N-ethyl adjacent to an activating group) is 1. The van der Waals surface area contributed by atoms with Crippen LogP contribution in [0.25, 0.3) is 0 Å². The molecule has 0 unspecified atom stereocenters. The molecule has 0 saturated heterocycles. The van der Waals surface area contributed by atoms with Gasteiger partial charge in [0.15, 0.2) is 0 Å². The summed E-state index contributed by atoms with van der Waals surface area (Å²) in [7, 11) is -0.903. The van der Waals surface area contributed by atoms with Gasteiger partial charge >= 0.3 is 0 Å². The highest BCUT2D eigenvalue weighted by molar-refractivity contribution is 7.92. The molecule has 0 saturated carbocycles. The van der Waals surface area contributed by atoms with Crippen LogP contribution in [-0.2, 0) is 32.6 Å². The molecule has 0 aliphatic carbocycles. The molecule has 3 aromatic carbocycles. The van der Waals surface area contributed by atoms with Gasteiger partial charge in [0.2, 0.25) is 21.8 Å². The van der Waals surface area contributed by atoms with Crippen LogP contribution in [0.3, 0.4) is 0 Å². The third-order valence-corrected chi connectivity index (χ3v) is 6.94. The lowest BCUT2D eigenvalue weighted by Gasteiger charge is -2.33. The standard InChI is InChI=1S/C27H30FN3O5S/c1-29-27(33)25(17-20-8-5-4-6-9-20)30(18-21-10-7-11-24(16-21)36-2)26(32)19-31(37(3,34)35)23-14-12-22(28)13-15-23/h4-16,25H,17-19H2,1-3H3,(H,29,33)/t25-/m0/s1. The topological polar surface area (TPSA) is 96.0 Å². The Labute approximate surface area is 216 Å². The van der Waals surface area contributed by atoms with Crippen molar-refractivity contribution in [3.8, 4) is 5.75 Å². The average molecular weight is 528 g/mol. The van der Waals surface area contributed by atoms with Crippen molar-refractivity contribution >= 4 is 27.5 Å². The maximum absolute atomic E-state index is 13.8. The number of methoxy groups -OCH3 is 1. The summed E-state index contributed by atoms with van der Waals surface area (Å²) in [6, 6.07) is 20.2. The lowest BCUT2D eigenvalue weighted by molar-refractivity contribution is -0.139. The van der Waals surface area contributed by atoms with Crippen LogP contribution in [0.15, 0.2) is 78.9 Å². The monoisotopic (exact) mass is 527 g/mol. The fourth-order valence-corrected chi connectivity index (χ4v) is 4.76. The first-order valence-corrected chi connectivity index (χ1v) is 13.4. The van der Waals surface area contributed by atoms with Crippen LogP contribution in [0.5, 0.6) is 5.75 Å². The number of nitrogens with one attached hydrogen (secondary N) is 1. The first-order chi connectivity index (χ1) is 17.6. The lowest BCUT2D eigenvalue weighted by Crippen LogP contribution is -2.52. The Morgan fingerprint density at radius 3 is 2.22 bits per heavy atom. The molecule has 37 heavy (non-hydrogen) atoms. The number of hydrogen-bond acceptors (Lipinski definition) is 5. The van der Waals surface area contributed by atoms with E-state index in [-0.39, 0.29) is 18.7 Å². The molecular weight excluding hydrogens is 497 g/mol. The van der Waals surface area contributed by atoms with E-state index >= 15 is 0 Å². The normalized spacial score (nSPS) is 11.9. The smallest absolute Gasteiger partial charge is 0.244 e. The van der Waals surface area contributed by atoms with E-state index in [1.165, 1.54) is 31.2 Å². The molecule has 8 nitrogen and oxygen atoms in total. The molecule has 1 N–H and O–H groups in total. The summed E-state index contributed by atoms with van der Waals surface area (Å²) < 4.78 is 44.9. The van der Waals surface area contributed by atoms with Crippen LogP contribution >= 0.6 is 0 Å². The van der Waals surface area contributed by atoms with Crippen molar-refractivity contribution < 1.29 is 27.1 Å². The van der Waals surface area contributed by atoms with Gasteiger partial charge in [-0.2, -0.15) is 0 Å². The first-order valence-electron chi connectivity index (χ1n) is 11.5. The van der Waals surface area contributed by atoms with E-state index in [9.17, 15) is 22.4 Å². The van der Waals surface area contributed by atoms with Gasteiger partial charge in [0, 0.05) is 20.0 Å². The van der Waals surface area contributed by atoms with E-state index in [2.05, 4.69) is 5.32 Å². The number of nitrogens with zero attached hydrogens (tertiary/aromatic N) is 2. The number of anilines is 1. The van der Waals surface area contributed by atoms with Crippen LogP contribution in [0.2, 0.25) is 0 Å². The highest BCUT2D eigenvalue weighted by Crippen LogP contribution is 2.22. The van der Waals surface area contributed by atoms with Crippen molar-refractivity contribution in [2.24, 2.45) is 0 Å². The number of carbonyl (C=O) groups is 2. The Morgan fingerprint density at radius 2 is 1.62 bits per heavy atom. The summed E-state index contributed by atoms with van der Waals surface area (Å²) in [6.07, 6.45) is 1.18. The summed E-state index contributed by atoms with van der Waals surface area (Å²) >= 11 is 0. The van der Waals surface area contributed by atoms with Gasteiger partial charge in [0.25, 0.3) is 0 Å². The predicted octanol–water partition coefficient (Wildman–Crippen LogP) is 2.99. The van der Waals surface area contributed by atoms with Crippen molar-refractivity contribution in [3.63, 3.8) is 0 Å². The Kier molecular flexibility index (Phi) is 9.24. The van der Waals surface area contributed by atoms with Crippen molar-refractivity contribution in [2.75, 3.05) is 31.3 Å². The van der Waals surface area contributed by atoms with Gasteiger partial charge in [-0.1, -0.05) is 42.5 Å². The maximum Gasteiger partial charge on any atom is 0.244 e. The zero-order valence-corrected chi connectivity index (χ0v) is 21.7. The molecule has 3 aromatic rings. The van der Waals surface area contributed by atoms with Gasteiger partial charge in [-0.15, -0.1) is 0 Å². The number of ether oxygens (including phenoxy) is 1. The maximum atomic E-state index is 13.8. The summed E-state index contributed by atoms with van der Waals surface area (Å²) in [5.41, 5.74) is 1.67. The second-order valence-electron chi connectivity index (χ2n) is 8.44. The van der Waals surface area contributed by atoms with Crippen LogP contribution < -0.4 is 14.4 Å². The molecule has 0 spiro atoms. The fourth-order valence-electron chi connectivity index (χ4n) is 3.91. The highest BCUT2D eigenvalue weighted by atomic mass is 32.2. The van der Waals surface area contributed by atoms with Gasteiger partial charge in [0.1, 0.15) is 24.2 Å². The van der Waals surface area contributed by atoms with Gasteiger partial charge in [0.05, 0.1) is 19.1 Å². The molecule has 0 radical (unpaired) electrons. The molecule has 10 heteroatoms. The van der Waals surface area contributed by atoms with E-state index in [0.29, 0.717) is 11.3 Å². The number of rotatable bonds is 11. The molecule has 0 heterocycles. The van der Waals surface area contributed by atoms with E-state index in [1.807, 2.05) is 30.3 Å². The summed E-state index contributed by atoms with van der Waals surface area (Å²) in [5, 5.41) is 2.62. The first kappa shape index (κ1) is 27.7. The summed E-state index contributed by atoms with van der Waals surface area (Å²) in [5.74, 6) is -0.950. The van der Waals surface area contributed by atoms with Crippen molar-refractivity contribution in [3.05, 3.63) is 95.8 Å². The van der Waals surface area contributed by atoms with Gasteiger partial charge in [-0.05, 0) is 47.5 Å². The number of hydrogen-bond donors (Lipinski definition) is 1. The van der Waals surface area contributed by atoms with Crippen molar-refractivity contribution in [2.45, 2.75) is 19.0 Å². The Hall–Kier alpha value is -3.92. The highest BCUT2D eigenvalue weighted by Gasteiger charge is 2.32. The van der Waals surface area contributed by atoms with Crippen LogP contribution in [0, 0.1) is 5.82 Å². The molecule has 0 aliphatic heterocycles. The molecule has 196 valence electrons. The second kappa shape index (κ2) is 12.4. The number of halogens is 1. The Morgan fingerprint density at radius 1 is 0.973 bits per heavy atom. The van der Waals surface area contributed by atoms with Gasteiger partial charge < -0.3 is 15.0 Å². The van der Waals surface area contributed by atoms with Crippen LogP contribution in [0.1, 0.15) is 11.1 Å². The minimum absolute atomic E-state index is 0.0297. The lowest BCUT2D eigenvalue weighted by atomic mass is 10.0. The summed E-state index contributed by atoms with van der Waals surface area (Å²) in [6.45, 7) is -0.543. The number of benzene rings is 3. The third-order valence-electron chi connectivity index (χ3n) is 5.80. The minimum atomic E-state index is -3.91. The number of carbonyl (C=O) groups excluding carboxylic acids is 2. The molecular formula is C27H30FN3O5S. The SMILES string of the molecule is CNC(=O)[C@H](Cc1ccccc1)N(Cc1cccc(OC)c1)C(=O)CN(c1ccc(F)cc1)S(C)(=O)=O. The Bertz CT molecular complexity index is 1320. The molecule has 1 atom stereocenters. The largest absolute Gasteiger partial charge is 0.497 e. The van der Waals surface area contributed by atoms with Crippen molar-refractivity contribution in [1.82, 2.24) is 10.2 Å². The molecule has 0 aromatic heterocycles. The molecule has 0 fully saturated rings. The third kappa shape index (κ3) is 7.53. The fraction of sp³-hybridized carbons (Fsp3) is 0.259. The molecule has 0 bridgehead atoms. The number of sulfonamides is 1. The second-order valence-corrected chi connectivity index (χ2v) is 10.3. The molecule has 3 rings (SSSR count). The zero-order valence-electron chi connectivity index (χ0n) is 20.9. The quantitative estimate of drug-likeness (QED) is 0.414. The number of amides is 2. The minimum Gasteiger partial charge on any atom is -0.497 e. The van der Waals surface area contributed by atoms with E-state index in [1.54, 1.807) is 24.3 Å². The van der Waals surface area contributed by atoms with Crippen molar-refractivity contribution in [1.29, 1.82) is 0 Å². The Balaban J connectivity index is 2.02. The van der Waals surface area contributed by atoms with E-state index in [4.69, 9.17) is 4.74 Å². The average Bonchev–Trinajstić information content (AvgIpc) is 2.89. The van der Waals surface area contributed by atoms with E-state index < -0.39 is 40.2 Å². The predicted molar refractivity (Wildman–Crippen MR) is 140 cm³/mol. The van der Waals surface area contributed by atoms with E-state index in [0.717, 1.165) is 28.3 Å².